The molecule has 1 aromatic carbocycles. The molecule has 5 nitrogen and oxygen atoms in total. The van der Waals surface area contributed by atoms with Gasteiger partial charge in [-0.1, -0.05) is 6.42 Å². The van der Waals surface area contributed by atoms with E-state index in [-0.39, 0.29) is 24.1 Å². The Bertz CT molecular complexity index is 681. The number of benzene rings is 1. The minimum Gasteiger partial charge on any atom is -0.481 e. The Labute approximate surface area is 138 Å². The van der Waals surface area contributed by atoms with Crippen LogP contribution >= 0.6 is 0 Å². The Balaban J connectivity index is 1.68. The number of nitrogens with zero attached hydrogens (tertiary/aromatic N) is 1. The second-order valence-electron chi connectivity index (χ2n) is 6.61. The number of amides is 1. The van der Waals surface area contributed by atoms with Crippen LogP contribution in [0.2, 0.25) is 0 Å². The summed E-state index contributed by atoms with van der Waals surface area (Å²) >= 11 is 0. The summed E-state index contributed by atoms with van der Waals surface area (Å²) in [6.45, 7) is 2.10. The molecule has 0 spiro atoms. The van der Waals surface area contributed by atoms with Gasteiger partial charge in [0.2, 0.25) is 0 Å². The molecule has 0 aromatic heterocycles. The third-order valence-corrected chi connectivity index (χ3v) is 5.16. The van der Waals surface area contributed by atoms with Crippen LogP contribution in [0.25, 0.3) is 0 Å². The maximum atomic E-state index is 13.2. The Morgan fingerprint density at radius 1 is 1.38 bits per heavy atom. The van der Waals surface area contributed by atoms with Crippen molar-refractivity contribution in [1.82, 2.24) is 4.90 Å². The van der Waals surface area contributed by atoms with Crippen molar-refractivity contribution in [1.29, 1.82) is 0 Å². The first-order valence-electron chi connectivity index (χ1n) is 7.97. The summed E-state index contributed by atoms with van der Waals surface area (Å²) in [5.41, 5.74) is -0.850. The van der Waals surface area contributed by atoms with Crippen molar-refractivity contribution in [2.24, 2.45) is 11.3 Å². The van der Waals surface area contributed by atoms with E-state index in [1.165, 1.54) is 17.9 Å². The third kappa shape index (κ3) is 2.72. The lowest BCUT2D eigenvalue weighted by Crippen LogP contribution is -2.42. The van der Waals surface area contributed by atoms with Crippen molar-refractivity contribution in [3.8, 4) is 5.75 Å². The van der Waals surface area contributed by atoms with E-state index in [4.69, 9.17) is 4.74 Å². The summed E-state index contributed by atoms with van der Waals surface area (Å²) in [5.74, 6) is -3.20. The molecule has 3 atom stereocenters. The standard InChI is InChI=1S/C17H19F2NO4/c1-10(24-12-4-5-13(18)14(19)7-12)15(21)20-8-11-3-2-6-17(11,9-20)16(22)23/h4-5,7,10-11H,2-3,6,8-9H2,1H3,(H,22,23)/t10?,11-,17+/m0/s1. The van der Waals surface area contributed by atoms with Crippen LogP contribution < -0.4 is 4.74 Å². The first-order valence-corrected chi connectivity index (χ1v) is 7.97. The first-order chi connectivity index (χ1) is 11.3. The molecule has 24 heavy (non-hydrogen) atoms. The van der Waals surface area contributed by atoms with E-state index in [0.717, 1.165) is 25.0 Å². The van der Waals surface area contributed by atoms with Gasteiger partial charge in [-0.15, -0.1) is 0 Å². The van der Waals surface area contributed by atoms with Gasteiger partial charge in [0.05, 0.1) is 5.41 Å². The zero-order valence-corrected chi connectivity index (χ0v) is 13.3. The van der Waals surface area contributed by atoms with Crippen LogP contribution in [0.5, 0.6) is 5.75 Å². The van der Waals surface area contributed by atoms with Gasteiger partial charge in [0.1, 0.15) is 5.75 Å². The second kappa shape index (κ2) is 6.03. The van der Waals surface area contributed by atoms with E-state index in [1.54, 1.807) is 0 Å². The zero-order chi connectivity index (χ0) is 17.5. The van der Waals surface area contributed by atoms with Crippen LogP contribution in [0.4, 0.5) is 8.78 Å². The smallest absolute Gasteiger partial charge is 0.311 e. The number of hydrogen-bond acceptors (Lipinski definition) is 3. The lowest BCUT2D eigenvalue weighted by Gasteiger charge is -2.25. The highest BCUT2D eigenvalue weighted by Gasteiger charge is 2.56. The van der Waals surface area contributed by atoms with Crippen LogP contribution in [0.3, 0.4) is 0 Å². The monoisotopic (exact) mass is 339 g/mol. The quantitative estimate of drug-likeness (QED) is 0.915. The minimum absolute atomic E-state index is 0.0329. The molecule has 1 aliphatic heterocycles. The largest absolute Gasteiger partial charge is 0.481 e. The highest BCUT2D eigenvalue weighted by atomic mass is 19.2. The number of fused-ring (bicyclic) bond motifs is 1. The van der Waals surface area contributed by atoms with Gasteiger partial charge in [-0.25, -0.2) is 8.78 Å². The molecular formula is C17H19F2NO4. The second-order valence-corrected chi connectivity index (χ2v) is 6.61. The van der Waals surface area contributed by atoms with Crippen molar-refractivity contribution in [2.45, 2.75) is 32.3 Å². The van der Waals surface area contributed by atoms with Crippen molar-refractivity contribution >= 4 is 11.9 Å². The van der Waals surface area contributed by atoms with Gasteiger partial charge in [-0.2, -0.15) is 0 Å². The van der Waals surface area contributed by atoms with Crippen molar-refractivity contribution in [3.63, 3.8) is 0 Å². The molecule has 0 bridgehead atoms. The molecule has 7 heteroatoms. The van der Waals surface area contributed by atoms with Crippen LogP contribution in [-0.4, -0.2) is 41.1 Å². The van der Waals surface area contributed by atoms with E-state index in [2.05, 4.69) is 0 Å². The summed E-state index contributed by atoms with van der Waals surface area (Å²) in [6, 6.07) is 3.07. The highest BCUT2D eigenvalue weighted by Crippen LogP contribution is 2.49. The number of carboxylic acid groups (broad SMARTS) is 1. The number of halogens is 2. The fourth-order valence-electron chi connectivity index (χ4n) is 3.87. The van der Waals surface area contributed by atoms with Crippen LogP contribution in [0.1, 0.15) is 26.2 Å². The maximum Gasteiger partial charge on any atom is 0.311 e. The Morgan fingerprint density at radius 3 is 2.75 bits per heavy atom. The molecule has 1 saturated heterocycles. The number of ether oxygens (including phenoxy) is 1. The molecule has 1 heterocycles. The SMILES string of the molecule is CC(Oc1ccc(F)c(F)c1)C(=O)N1C[C@@H]2CCC[C@@]2(C(=O)O)C1. The molecule has 1 amide bonds. The predicted molar refractivity (Wildman–Crippen MR) is 80.4 cm³/mol. The zero-order valence-electron chi connectivity index (χ0n) is 13.3. The molecule has 0 radical (unpaired) electrons. The number of aliphatic carboxylic acids is 1. The highest BCUT2D eigenvalue weighted by molar-refractivity contribution is 5.84. The number of carboxylic acids is 1. The molecule has 130 valence electrons. The number of hydrogen-bond donors (Lipinski definition) is 1. The molecule has 1 aliphatic carbocycles. The summed E-state index contributed by atoms with van der Waals surface area (Å²) < 4.78 is 31.5. The lowest BCUT2D eigenvalue weighted by molar-refractivity contribution is -0.150. The average molecular weight is 339 g/mol. The molecule has 1 unspecified atom stereocenters. The Kier molecular flexibility index (Phi) is 4.19. The molecule has 2 fully saturated rings. The van der Waals surface area contributed by atoms with Crippen molar-refractivity contribution < 1.29 is 28.2 Å². The molecular weight excluding hydrogens is 320 g/mol. The first kappa shape index (κ1) is 16.7. The number of carbonyl (C=O) groups is 2. The van der Waals surface area contributed by atoms with Gasteiger partial charge in [-0.05, 0) is 37.8 Å². The predicted octanol–water partition coefficient (Wildman–Crippen LogP) is 2.45. The number of likely N-dealkylation sites (tertiary alicyclic amines) is 1. The van der Waals surface area contributed by atoms with E-state index >= 15 is 0 Å². The Morgan fingerprint density at radius 2 is 2.12 bits per heavy atom. The summed E-state index contributed by atoms with van der Waals surface area (Å²) in [5, 5.41) is 9.56. The van der Waals surface area contributed by atoms with E-state index in [0.29, 0.717) is 13.0 Å². The summed E-state index contributed by atoms with van der Waals surface area (Å²) in [7, 11) is 0. The van der Waals surface area contributed by atoms with Gasteiger partial charge in [0.25, 0.3) is 5.91 Å². The molecule has 1 aromatic rings. The topological polar surface area (TPSA) is 66.8 Å². The fraction of sp³-hybridized carbons (Fsp3) is 0.529. The van der Waals surface area contributed by atoms with Gasteiger partial charge >= 0.3 is 5.97 Å². The number of rotatable bonds is 4. The fourth-order valence-corrected chi connectivity index (χ4v) is 3.87. The van der Waals surface area contributed by atoms with Gasteiger partial charge in [0.15, 0.2) is 17.7 Å². The van der Waals surface area contributed by atoms with E-state index in [9.17, 15) is 23.5 Å². The minimum atomic E-state index is -1.05. The number of carbonyl (C=O) groups excluding carboxylic acids is 1. The van der Waals surface area contributed by atoms with Crippen molar-refractivity contribution in [2.75, 3.05) is 13.1 Å². The van der Waals surface area contributed by atoms with E-state index in [1.807, 2.05) is 0 Å². The third-order valence-electron chi connectivity index (χ3n) is 5.16. The summed E-state index contributed by atoms with van der Waals surface area (Å²) in [6.07, 6.45) is 1.34. The normalized spacial score (nSPS) is 27.0. The molecule has 2 aliphatic rings. The lowest BCUT2D eigenvalue weighted by atomic mass is 9.81. The van der Waals surface area contributed by atoms with Crippen LogP contribution in [0, 0.1) is 23.0 Å². The van der Waals surface area contributed by atoms with Gasteiger partial charge in [-0.3, -0.25) is 9.59 Å². The molecule has 1 N–H and O–H groups in total. The van der Waals surface area contributed by atoms with Crippen molar-refractivity contribution in [3.05, 3.63) is 29.8 Å². The van der Waals surface area contributed by atoms with Gasteiger partial charge < -0.3 is 14.7 Å². The van der Waals surface area contributed by atoms with E-state index < -0.39 is 29.1 Å². The summed E-state index contributed by atoms with van der Waals surface area (Å²) in [4.78, 5) is 25.7. The maximum absolute atomic E-state index is 13.2. The Hall–Kier alpha value is -2.18. The average Bonchev–Trinajstić information content (AvgIpc) is 3.08. The van der Waals surface area contributed by atoms with Crippen LogP contribution in [0.15, 0.2) is 18.2 Å². The van der Waals surface area contributed by atoms with Gasteiger partial charge in [0, 0.05) is 19.2 Å². The van der Waals surface area contributed by atoms with Crippen LogP contribution in [-0.2, 0) is 9.59 Å². The molecule has 1 saturated carbocycles. The molecule has 3 rings (SSSR count).